The highest BCUT2D eigenvalue weighted by molar-refractivity contribution is 5.73. The van der Waals surface area contributed by atoms with Crippen molar-refractivity contribution in [3.8, 4) is 0 Å². The zero-order chi connectivity index (χ0) is 10.8. The van der Waals surface area contributed by atoms with Crippen LogP contribution in [0.4, 0.5) is 0 Å². The van der Waals surface area contributed by atoms with Crippen LogP contribution in [0.25, 0.3) is 0 Å². The number of unbranched alkanes of at least 4 members (excludes halogenated alkanes) is 2. The molecule has 0 saturated heterocycles. The van der Waals surface area contributed by atoms with Gasteiger partial charge >= 0.3 is 0 Å². The summed E-state index contributed by atoms with van der Waals surface area (Å²) in [5, 5.41) is 0. The highest BCUT2D eigenvalue weighted by Gasteiger charge is 2.05. The molecule has 0 aliphatic heterocycles. The fraction of sp³-hybridized carbons (Fsp3) is 0.909. The van der Waals surface area contributed by atoms with Crippen LogP contribution >= 0.6 is 0 Å². The van der Waals surface area contributed by atoms with Crippen molar-refractivity contribution in [2.24, 2.45) is 0 Å². The topological polar surface area (TPSA) is 29.5 Å². The Morgan fingerprint density at radius 2 is 1.93 bits per heavy atom. The third-order valence-electron chi connectivity index (χ3n) is 2.22. The number of hydrogen-bond donors (Lipinski definition) is 0. The summed E-state index contributed by atoms with van der Waals surface area (Å²) in [6.45, 7) is 6.35. The summed E-state index contributed by atoms with van der Waals surface area (Å²) in [6, 6.07) is 0. The van der Waals surface area contributed by atoms with Gasteiger partial charge in [-0.15, -0.1) is 0 Å². The lowest BCUT2D eigenvalue weighted by molar-refractivity contribution is -0.128. The number of ether oxygens (including phenoxy) is 1. The number of amides is 1. The molecule has 0 saturated carbocycles. The maximum atomic E-state index is 11.2. The fourth-order valence-electron chi connectivity index (χ4n) is 1.42. The molecule has 0 aromatic heterocycles. The smallest absolute Gasteiger partial charge is 0.219 e. The van der Waals surface area contributed by atoms with Crippen LogP contribution in [0.1, 0.15) is 39.5 Å². The molecule has 0 radical (unpaired) electrons. The summed E-state index contributed by atoms with van der Waals surface area (Å²) in [5.41, 5.74) is 0. The number of hydrogen-bond acceptors (Lipinski definition) is 2. The monoisotopic (exact) mass is 201 g/mol. The van der Waals surface area contributed by atoms with E-state index in [0.717, 1.165) is 45.4 Å². The second kappa shape index (κ2) is 9.00. The summed E-state index contributed by atoms with van der Waals surface area (Å²) >= 11 is 0. The summed E-state index contributed by atoms with van der Waals surface area (Å²) in [4.78, 5) is 13.1. The van der Waals surface area contributed by atoms with Crippen LogP contribution in [0.2, 0.25) is 0 Å². The third kappa shape index (κ3) is 6.89. The van der Waals surface area contributed by atoms with E-state index in [1.807, 2.05) is 4.90 Å². The SMILES string of the molecule is CCCN(CCCCCOC)C(C)=O. The number of rotatable bonds is 8. The van der Waals surface area contributed by atoms with Crippen LogP contribution in [0.3, 0.4) is 0 Å². The van der Waals surface area contributed by atoms with Crippen molar-refractivity contribution in [2.45, 2.75) is 39.5 Å². The van der Waals surface area contributed by atoms with E-state index in [4.69, 9.17) is 4.74 Å². The molecular formula is C11H23NO2. The van der Waals surface area contributed by atoms with Gasteiger partial charge < -0.3 is 9.64 Å². The molecule has 0 aliphatic rings. The molecule has 14 heavy (non-hydrogen) atoms. The van der Waals surface area contributed by atoms with Gasteiger partial charge in [-0.1, -0.05) is 6.92 Å². The minimum Gasteiger partial charge on any atom is -0.385 e. The average Bonchev–Trinajstić information content (AvgIpc) is 2.15. The first-order chi connectivity index (χ1) is 6.72. The summed E-state index contributed by atoms with van der Waals surface area (Å²) in [5.74, 6) is 0.193. The number of methoxy groups -OCH3 is 1. The molecule has 84 valence electrons. The molecule has 0 unspecified atom stereocenters. The van der Waals surface area contributed by atoms with Crippen molar-refractivity contribution in [2.75, 3.05) is 26.8 Å². The van der Waals surface area contributed by atoms with E-state index in [9.17, 15) is 4.79 Å². The van der Waals surface area contributed by atoms with Crippen molar-refractivity contribution < 1.29 is 9.53 Å². The van der Waals surface area contributed by atoms with Crippen LogP contribution in [0.5, 0.6) is 0 Å². The quantitative estimate of drug-likeness (QED) is 0.563. The van der Waals surface area contributed by atoms with Gasteiger partial charge in [0.05, 0.1) is 0 Å². The molecule has 0 N–H and O–H groups in total. The Bertz CT molecular complexity index is 148. The van der Waals surface area contributed by atoms with Gasteiger partial charge in [-0.05, 0) is 25.7 Å². The Labute approximate surface area is 87.4 Å². The molecular weight excluding hydrogens is 178 g/mol. The summed E-state index contributed by atoms with van der Waals surface area (Å²) < 4.78 is 4.96. The van der Waals surface area contributed by atoms with Gasteiger partial charge in [0.25, 0.3) is 0 Å². The number of carbonyl (C=O) groups is 1. The first-order valence-electron chi connectivity index (χ1n) is 5.46. The minimum absolute atomic E-state index is 0.193. The van der Waals surface area contributed by atoms with Gasteiger partial charge in [0.1, 0.15) is 0 Å². The Kier molecular flexibility index (Phi) is 8.64. The number of carbonyl (C=O) groups excluding carboxylic acids is 1. The zero-order valence-corrected chi connectivity index (χ0v) is 9.71. The van der Waals surface area contributed by atoms with Gasteiger partial charge in [-0.25, -0.2) is 0 Å². The molecule has 0 bridgehead atoms. The van der Waals surface area contributed by atoms with Gasteiger partial charge in [-0.2, -0.15) is 0 Å². The molecule has 0 spiro atoms. The van der Waals surface area contributed by atoms with Crippen LogP contribution in [-0.4, -0.2) is 37.6 Å². The predicted molar refractivity (Wildman–Crippen MR) is 58.3 cm³/mol. The minimum atomic E-state index is 0.193. The van der Waals surface area contributed by atoms with Gasteiger partial charge in [0.2, 0.25) is 5.91 Å². The van der Waals surface area contributed by atoms with Gasteiger partial charge in [0.15, 0.2) is 0 Å². The van der Waals surface area contributed by atoms with Crippen molar-refractivity contribution in [1.82, 2.24) is 4.90 Å². The molecule has 0 fully saturated rings. The highest BCUT2D eigenvalue weighted by atomic mass is 16.5. The second-order valence-electron chi connectivity index (χ2n) is 3.56. The highest BCUT2D eigenvalue weighted by Crippen LogP contribution is 2.00. The maximum Gasteiger partial charge on any atom is 0.219 e. The van der Waals surface area contributed by atoms with Gasteiger partial charge in [-0.3, -0.25) is 4.79 Å². The van der Waals surface area contributed by atoms with Crippen molar-refractivity contribution in [3.05, 3.63) is 0 Å². The normalized spacial score (nSPS) is 10.2. The Balaban J connectivity index is 3.46. The molecule has 3 heteroatoms. The lowest BCUT2D eigenvalue weighted by Gasteiger charge is -2.19. The first-order valence-corrected chi connectivity index (χ1v) is 5.46. The molecule has 0 aromatic rings. The largest absolute Gasteiger partial charge is 0.385 e. The van der Waals surface area contributed by atoms with Crippen LogP contribution in [0, 0.1) is 0 Å². The van der Waals surface area contributed by atoms with E-state index >= 15 is 0 Å². The summed E-state index contributed by atoms with van der Waals surface area (Å²) in [7, 11) is 1.72. The zero-order valence-electron chi connectivity index (χ0n) is 9.71. The van der Waals surface area contributed by atoms with Gasteiger partial charge in [0, 0.05) is 33.7 Å². The lowest BCUT2D eigenvalue weighted by atomic mass is 10.2. The van der Waals surface area contributed by atoms with Crippen LogP contribution < -0.4 is 0 Å². The summed E-state index contributed by atoms with van der Waals surface area (Å²) in [6.07, 6.45) is 4.36. The van der Waals surface area contributed by atoms with E-state index in [-0.39, 0.29) is 5.91 Å². The number of nitrogens with zero attached hydrogens (tertiary/aromatic N) is 1. The van der Waals surface area contributed by atoms with Crippen molar-refractivity contribution >= 4 is 5.91 Å². The fourth-order valence-corrected chi connectivity index (χ4v) is 1.42. The molecule has 0 atom stereocenters. The Morgan fingerprint density at radius 1 is 1.21 bits per heavy atom. The first kappa shape index (κ1) is 13.4. The van der Waals surface area contributed by atoms with Crippen molar-refractivity contribution in [1.29, 1.82) is 0 Å². The maximum absolute atomic E-state index is 11.2. The van der Waals surface area contributed by atoms with E-state index in [1.54, 1.807) is 14.0 Å². The molecule has 0 heterocycles. The lowest BCUT2D eigenvalue weighted by Crippen LogP contribution is -2.30. The van der Waals surface area contributed by atoms with Crippen LogP contribution in [0.15, 0.2) is 0 Å². The third-order valence-corrected chi connectivity index (χ3v) is 2.22. The second-order valence-corrected chi connectivity index (χ2v) is 3.56. The molecule has 0 aliphatic carbocycles. The standard InChI is InChI=1S/C11H23NO2/c1-4-8-12(11(2)13)9-6-5-7-10-14-3/h4-10H2,1-3H3. The molecule has 0 rings (SSSR count). The van der Waals surface area contributed by atoms with E-state index in [2.05, 4.69) is 6.92 Å². The van der Waals surface area contributed by atoms with Crippen molar-refractivity contribution in [3.63, 3.8) is 0 Å². The Hall–Kier alpha value is -0.570. The van der Waals surface area contributed by atoms with E-state index < -0.39 is 0 Å². The van der Waals surface area contributed by atoms with Crippen LogP contribution in [-0.2, 0) is 9.53 Å². The molecule has 0 aromatic carbocycles. The Morgan fingerprint density at radius 3 is 2.43 bits per heavy atom. The van der Waals surface area contributed by atoms with E-state index in [1.165, 1.54) is 0 Å². The molecule has 3 nitrogen and oxygen atoms in total. The molecule has 1 amide bonds. The predicted octanol–water partition coefficient (Wildman–Crippen LogP) is 2.06. The average molecular weight is 201 g/mol. The van der Waals surface area contributed by atoms with E-state index in [0.29, 0.717) is 0 Å².